The van der Waals surface area contributed by atoms with Crippen molar-refractivity contribution in [3.05, 3.63) is 83.7 Å². The molecular formula is C30H36N4O5S. The van der Waals surface area contributed by atoms with Gasteiger partial charge in [0, 0.05) is 50.2 Å². The number of nitrogens with zero attached hydrogens (tertiary/aromatic N) is 3. The summed E-state index contributed by atoms with van der Waals surface area (Å²) in [7, 11) is -2.61. The molecule has 1 aliphatic rings. The molecule has 1 aliphatic heterocycles. The van der Waals surface area contributed by atoms with E-state index in [2.05, 4.69) is 14.6 Å². The van der Waals surface area contributed by atoms with E-state index in [1.54, 1.807) is 36.2 Å². The van der Waals surface area contributed by atoms with Gasteiger partial charge in [0.15, 0.2) is 0 Å². The Kier molecular flexibility index (Phi) is 9.89. The first-order valence-corrected chi connectivity index (χ1v) is 15.0. The summed E-state index contributed by atoms with van der Waals surface area (Å²) in [6.45, 7) is 4.13. The zero-order chi connectivity index (χ0) is 28.5. The fourth-order valence-electron chi connectivity index (χ4n) is 4.90. The number of pyridine rings is 1. The van der Waals surface area contributed by atoms with Gasteiger partial charge < -0.3 is 9.64 Å². The van der Waals surface area contributed by atoms with Crippen LogP contribution < -0.4 is 14.4 Å². The number of fused-ring (bicyclic) bond motifs is 1. The number of benzene rings is 2. The number of methoxy groups -OCH3 is 1. The van der Waals surface area contributed by atoms with Crippen LogP contribution in [0.2, 0.25) is 0 Å². The van der Waals surface area contributed by atoms with E-state index in [9.17, 15) is 18.0 Å². The minimum absolute atomic E-state index is 0.0432. The topological polar surface area (TPSA) is 109 Å². The maximum absolute atomic E-state index is 13.2. The van der Waals surface area contributed by atoms with Crippen molar-refractivity contribution < 1.29 is 22.7 Å². The van der Waals surface area contributed by atoms with Crippen molar-refractivity contribution >= 4 is 27.5 Å². The zero-order valence-corrected chi connectivity index (χ0v) is 23.8. The molecule has 40 heavy (non-hydrogen) atoms. The van der Waals surface area contributed by atoms with Crippen LogP contribution in [0.4, 0.5) is 5.69 Å². The molecule has 0 spiro atoms. The Balaban J connectivity index is 1.66. The van der Waals surface area contributed by atoms with E-state index >= 15 is 0 Å². The molecule has 2 heterocycles. The number of rotatable bonds is 6. The van der Waals surface area contributed by atoms with Gasteiger partial charge in [0.1, 0.15) is 5.75 Å². The van der Waals surface area contributed by atoms with E-state index in [0.717, 1.165) is 55.5 Å². The summed E-state index contributed by atoms with van der Waals surface area (Å²) >= 11 is 0. The van der Waals surface area contributed by atoms with Crippen molar-refractivity contribution in [1.82, 2.24) is 14.6 Å². The lowest BCUT2D eigenvalue weighted by atomic mass is 10.0. The van der Waals surface area contributed by atoms with Gasteiger partial charge in [-0.3, -0.25) is 19.5 Å². The van der Waals surface area contributed by atoms with Gasteiger partial charge in [0.2, 0.25) is 5.91 Å². The standard InChI is InChI=1S/C30H36N4O5S/c1-23(35)34-18-7-5-3-4-6-17-33(21-24-9-8-16-31-20-24)22-26-19-25(10-15-29(26)34)30(36)32-40(37,38)28-13-11-27(39-2)12-14-28/h8-16,19-20H,3-7,17-18,21-22H2,1-2H3,(H,32,36). The van der Waals surface area contributed by atoms with Crippen LogP contribution in [0.5, 0.6) is 5.75 Å². The lowest BCUT2D eigenvalue weighted by Gasteiger charge is -2.29. The lowest BCUT2D eigenvalue weighted by Crippen LogP contribution is -2.33. The number of carbonyl (C=O) groups excluding carboxylic acids is 2. The van der Waals surface area contributed by atoms with Crippen LogP contribution in [-0.4, -0.2) is 50.3 Å². The monoisotopic (exact) mass is 564 g/mol. The normalized spacial score (nSPS) is 15.3. The fourth-order valence-corrected chi connectivity index (χ4v) is 5.87. The Morgan fingerprint density at radius 1 is 0.975 bits per heavy atom. The highest BCUT2D eigenvalue weighted by Gasteiger charge is 2.23. The van der Waals surface area contributed by atoms with Crippen LogP contribution in [0, 0.1) is 0 Å². The Bertz CT molecular complexity index is 1410. The van der Waals surface area contributed by atoms with Crippen LogP contribution in [0.1, 0.15) is 60.5 Å². The number of nitrogens with one attached hydrogen (secondary N) is 1. The fraction of sp³-hybridized carbons (Fsp3) is 0.367. The van der Waals surface area contributed by atoms with Gasteiger partial charge in [0.05, 0.1) is 12.0 Å². The third kappa shape index (κ3) is 7.67. The van der Waals surface area contributed by atoms with Gasteiger partial charge in [0.25, 0.3) is 15.9 Å². The van der Waals surface area contributed by atoms with Gasteiger partial charge >= 0.3 is 0 Å². The molecule has 2 amide bonds. The van der Waals surface area contributed by atoms with Crippen molar-refractivity contribution in [1.29, 1.82) is 0 Å². The average molecular weight is 565 g/mol. The third-order valence-corrected chi connectivity index (χ3v) is 8.34. The van der Waals surface area contributed by atoms with E-state index in [0.29, 0.717) is 25.4 Å². The van der Waals surface area contributed by atoms with Crippen LogP contribution in [0.15, 0.2) is 71.9 Å². The quantitative estimate of drug-likeness (QED) is 0.469. The molecule has 0 fully saturated rings. The van der Waals surface area contributed by atoms with Crippen LogP contribution >= 0.6 is 0 Å². The van der Waals surface area contributed by atoms with Crippen molar-refractivity contribution in [3.8, 4) is 5.75 Å². The molecule has 1 N–H and O–H groups in total. The Morgan fingerprint density at radius 3 is 2.38 bits per heavy atom. The second-order valence-corrected chi connectivity index (χ2v) is 11.6. The Morgan fingerprint density at radius 2 is 1.70 bits per heavy atom. The van der Waals surface area contributed by atoms with Gasteiger partial charge in [-0.15, -0.1) is 0 Å². The second-order valence-electron chi connectivity index (χ2n) is 9.96. The predicted molar refractivity (Wildman–Crippen MR) is 154 cm³/mol. The average Bonchev–Trinajstić information content (AvgIpc) is 2.94. The van der Waals surface area contributed by atoms with Crippen molar-refractivity contribution in [2.45, 2.75) is 57.0 Å². The number of amides is 2. The molecule has 3 aromatic rings. The second kappa shape index (κ2) is 13.5. The summed E-state index contributed by atoms with van der Waals surface area (Å²) in [5.41, 5.74) is 2.79. The van der Waals surface area contributed by atoms with Crippen molar-refractivity contribution in [3.63, 3.8) is 0 Å². The summed E-state index contributed by atoms with van der Waals surface area (Å²) in [4.78, 5) is 34.1. The third-order valence-electron chi connectivity index (χ3n) is 6.99. The molecule has 0 atom stereocenters. The smallest absolute Gasteiger partial charge is 0.265 e. The summed E-state index contributed by atoms with van der Waals surface area (Å²) in [5.74, 6) is -0.301. The molecule has 0 saturated carbocycles. The maximum Gasteiger partial charge on any atom is 0.265 e. The van der Waals surface area contributed by atoms with E-state index in [1.807, 2.05) is 18.3 Å². The Hall–Kier alpha value is -3.76. The van der Waals surface area contributed by atoms with Gasteiger partial charge in [-0.1, -0.05) is 25.3 Å². The van der Waals surface area contributed by atoms with E-state index < -0.39 is 15.9 Å². The number of ether oxygens (including phenoxy) is 1. The van der Waals surface area contributed by atoms with E-state index in [4.69, 9.17) is 4.74 Å². The molecule has 2 aromatic carbocycles. The van der Waals surface area contributed by atoms with E-state index in [-0.39, 0.29) is 16.4 Å². The van der Waals surface area contributed by atoms with Crippen LogP contribution in [-0.2, 0) is 27.9 Å². The largest absolute Gasteiger partial charge is 0.497 e. The van der Waals surface area contributed by atoms with Crippen LogP contribution in [0.25, 0.3) is 0 Å². The number of anilines is 1. The number of sulfonamides is 1. The number of hydrogen-bond donors (Lipinski definition) is 1. The van der Waals surface area contributed by atoms with Gasteiger partial charge in [-0.05, 0) is 79.0 Å². The minimum atomic E-state index is -4.10. The number of carbonyl (C=O) groups is 2. The highest BCUT2D eigenvalue weighted by molar-refractivity contribution is 7.90. The summed E-state index contributed by atoms with van der Waals surface area (Å²) < 4.78 is 33.1. The Labute approximate surface area is 236 Å². The molecule has 212 valence electrons. The van der Waals surface area contributed by atoms with Crippen LogP contribution in [0.3, 0.4) is 0 Å². The molecule has 0 bridgehead atoms. The summed E-state index contributed by atoms with van der Waals surface area (Å²) in [6, 6.07) is 14.8. The first-order chi connectivity index (χ1) is 19.3. The van der Waals surface area contributed by atoms with Gasteiger partial charge in [-0.2, -0.15) is 0 Å². The number of aromatic nitrogens is 1. The van der Waals surface area contributed by atoms with Crippen molar-refractivity contribution in [2.24, 2.45) is 0 Å². The number of hydrogen-bond acceptors (Lipinski definition) is 7. The highest BCUT2D eigenvalue weighted by atomic mass is 32.2. The summed E-state index contributed by atoms with van der Waals surface area (Å²) in [5, 5.41) is 0. The first-order valence-electron chi connectivity index (χ1n) is 13.5. The molecule has 4 rings (SSSR count). The molecule has 9 nitrogen and oxygen atoms in total. The predicted octanol–water partition coefficient (Wildman–Crippen LogP) is 4.53. The minimum Gasteiger partial charge on any atom is -0.497 e. The van der Waals surface area contributed by atoms with Gasteiger partial charge in [-0.25, -0.2) is 13.1 Å². The molecule has 1 aromatic heterocycles. The molecule has 0 unspecified atom stereocenters. The molecular weight excluding hydrogens is 528 g/mol. The molecule has 0 aliphatic carbocycles. The molecule has 10 heteroatoms. The first kappa shape index (κ1) is 29.2. The zero-order valence-electron chi connectivity index (χ0n) is 23.0. The lowest BCUT2D eigenvalue weighted by molar-refractivity contribution is -0.116. The summed E-state index contributed by atoms with van der Waals surface area (Å²) in [6.07, 6.45) is 8.75. The molecule has 0 radical (unpaired) electrons. The van der Waals surface area contributed by atoms with E-state index in [1.165, 1.54) is 31.4 Å². The molecule has 0 saturated heterocycles. The SMILES string of the molecule is COc1ccc(S(=O)(=O)NC(=O)c2ccc3c(c2)CN(Cc2cccnc2)CCCCCCCN3C(C)=O)cc1. The maximum atomic E-state index is 13.2. The van der Waals surface area contributed by atoms with Crippen molar-refractivity contribution in [2.75, 3.05) is 25.1 Å². The highest BCUT2D eigenvalue weighted by Crippen LogP contribution is 2.27.